The standard InChI is InChI=1S/C19H24N6O2/c1-13-4-6-14(7-5-13)12-25-15-16(22(2)19(27)23(3)17(15)26)21-18(25)24-10-8-20-9-11-24/h4-7,20H,8-12H2,1-3H3/p+1. The highest BCUT2D eigenvalue weighted by Gasteiger charge is 2.24. The van der Waals surface area contributed by atoms with E-state index in [0.29, 0.717) is 17.7 Å². The van der Waals surface area contributed by atoms with Gasteiger partial charge >= 0.3 is 5.69 Å². The molecular weight excluding hydrogens is 344 g/mol. The molecule has 0 spiro atoms. The van der Waals surface area contributed by atoms with Gasteiger partial charge in [0.05, 0.1) is 32.7 Å². The fourth-order valence-electron chi connectivity index (χ4n) is 3.65. The van der Waals surface area contributed by atoms with E-state index in [4.69, 9.17) is 4.98 Å². The number of nitrogens with zero attached hydrogens (tertiary/aromatic N) is 5. The molecule has 8 heteroatoms. The first-order valence-electron chi connectivity index (χ1n) is 9.26. The summed E-state index contributed by atoms with van der Waals surface area (Å²) >= 11 is 0. The van der Waals surface area contributed by atoms with Gasteiger partial charge in [0, 0.05) is 14.1 Å². The molecule has 1 saturated heterocycles. The van der Waals surface area contributed by atoms with Crippen LogP contribution >= 0.6 is 0 Å². The second kappa shape index (κ2) is 6.70. The number of rotatable bonds is 3. The number of benzene rings is 1. The van der Waals surface area contributed by atoms with Crippen molar-refractivity contribution < 1.29 is 5.32 Å². The minimum Gasteiger partial charge on any atom is -0.343 e. The van der Waals surface area contributed by atoms with E-state index in [1.54, 1.807) is 7.05 Å². The molecule has 1 aliphatic rings. The van der Waals surface area contributed by atoms with Gasteiger partial charge in [0.1, 0.15) is 0 Å². The van der Waals surface area contributed by atoms with E-state index in [0.717, 1.165) is 42.3 Å². The Morgan fingerprint density at radius 2 is 1.70 bits per heavy atom. The number of nitrogens with two attached hydrogens (primary N) is 1. The molecule has 142 valence electrons. The molecule has 0 saturated carbocycles. The molecule has 1 aromatic carbocycles. The molecule has 0 aliphatic carbocycles. The normalized spacial score (nSPS) is 14.9. The molecule has 1 aliphatic heterocycles. The van der Waals surface area contributed by atoms with Crippen LogP contribution in [-0.4, -0.2) is 44.9 Å². The maximum absolute atomic E-state index is 12.9. The monoisotopic (exact) mass is 369 g/mol. The topological polar surface area (TPSA) is 81.7 Å². The molecule has 0 atom stereocenters. The van der Waals surface area contributed by atoms with Gasteiger partial charge in [-0.15, -0.1) is 0 Å². The van der Waals surface area contributed by atoms with Crippen LogP contribution < -0.4 is 21.5 Å². The maximum atomic E-state index is 12.9. The van der Waals surface area contributed by atoms with Crippen LogP contribution in [0.1, 0.15) is 11.1 Å². The molecule has 8 nitrogen and oxygen atoms in total. The summed E-state index contributed by atoms with van der Waals surface area (Å²) in [6, 6.07) is 8.28. The fraction of sp³-hybridized carbons (Fsp3) is 0.421. The largest absolute Gasteiger partial charge is 0.343 e. The summed E-state index contributed by atoms with van der Waals surface area (Å²) in [4.78, 5) is 32.2. The van der Waals surface area contributed by atoms with Gasteiger partial charge in [0.15, 0.2) is 11.2 Å². The molecule has 0 radical (unpaired) electrons. The Balaban J connectivity index is 1.95. The first-order valence-corrected chi connectivity index (χ1v) is 9.26. The van der Waals surface area contributed by atoms with E-state index >= 15 is 0 Å². The van der Waals surface area contributed by atoms with Crippen molar-refractivity contribution in [3.8, 4) is 0 Å². The van der Waals surface area contributed by atoms with Crippen LogP contribution in [0.5, 0.6) is 0 Å². The third kappa shape index (κ3) is 2.95. The van der Waals surface area contributed by atoms with E-state index in [2.05, 4.69) is 41.4 Å². The summed E-state index contributed by atoms with van der Waals surface area (Å²) in [6.45, 7) is 6.31. The second-order valence-electron chi connectivity index (χ2n) is 7.21. The molecule has 1 fully saturated rings. The van der Waals surface area contributed by atoms with Crippen LogP contribution in [-0.2, 0) is 20.6 Å². The van der Waals surface area contributed by atoms with Gasteiger partial charge in [-0.3, -0.25) is 18.5 Å². The van der Waals surface area contributed by atoms with Gasteiger partial charge in [0.2, 0.25) is 5.95 Å². The van der Waals surface area contributed by atoms with Gasteiger partial charge in [-0.25, -0.2) is 4.79 Å². The van der Waals surface area contributed by atoms with Crippen molar-refractivity contribution in [2.45, 2.75) is 13.5 Å². The van der Waals surface area contributed by atoms with Crippen molar-refractivity contribution in [3.63, 3.8) is 0 Å². The molecule has 0 bridgehead atoms. The molecule has 2 aromatic heterocycles. The van der Waals surface area contributed by atoms with Crippen molar-refractivity contribution >= 4 is 17.1 Å². The lowest BCUT2D eigenvalue weighted by Gasteiger charge is -2.26. The smallest absolute Gasteiger partial charge is 0.332 e. The summed E-state index contributed by atoms with van der Waals surface area (Å²) in [6.07, 6.45) is 0. The third-order valence-electron chi connectivity index (χ3n) is 5.28. The van der Waals surface area contributed by atoms with Crippen LogP contribution in [0.3, 0.4) is 0 Å². The number of hydrogen-bond acceptors (Lipinski definition) is 4. The van der Waals surface area contributed by atoms with Gasteiger partial charge in [-0.1, -0.05) is 29.8 Å². The van der Waals surface area contributed by atoms with Crippen molar-refractivity contribution in [2.75, 3.05) is 31.1 Å². The molecule has 4 rings (SSSR count). The van der Waals surface area contributed by atoms with Gasteiger partial charge in [-0.05, 0) is 12.5 Å². The lowest BCUT2D eigenvalue weighted by Crippen LogP contribution is -2.89. The van der Waals surface area contributed by atoms with E-state index in [9.17, 15) is 9.59 Å². The number of quaternary nitrogens is 1. The first kappa shape index (κ1) is 17.5. The van der Waals surface area contributed by atoms with Crippen molar-refractivity contribution in [1.29, 1.82) is 0 Å². The zero-order valence-electron chi connectivity index (χ0n) is 16.0. The van der Waals surface area contributed by atoms with E-state index in [1.165, 1.54) is 17.2 Å². The average Bonchev–Trinajstić information content (AvgIpc) is 3.06. The number of aromatic nitrogens is 4. The predicted octanol–water partition coefficient (Wildman–Crippen LogP) is -0.826. The minimum atomic E-state index is -0.356. The van der Waals surface area contributed by atoms with E-state index < -0.39 is 0 Å². The van der Waals surface area contributed by atoms with Crippen LogP contribution in [0.15, 0.2) is 33.9 Å². The molecule has 0 amide bonds. The molecule has 2 N–H and O–H groups in total. The van der Waals surface area contributed by atoms with Crippen molar-refractivity contribution in [3.05, 3.63) is 56.2 Å². The average molecular weight is 369 g/mol. The highest BCUT2D eigenvalue weighted by molar-refractivity contribution is 5.74. The van der Waals surface area contributed by atoms with E-state index in [1.807, 2.05) is 4.57 Å². The van der Waals surface area contributed by atoms with Gasteiger partial charge < -0.3 is 10.2 Å². The Bertz CT molecular complexity index is 1100. The lowest BCUT2D eigenvalue weighted by molar-refractivity contribution is -0.655. The van der Waals surface area contributed by atoms with Crippen LogP contribution in [0, 0.1) is 6.92 Å². The Morgan fingerprint density at radius 1 is 1.04 bits per heavy atom. The number of fused-ring (bicyclic) bond motifs is 1. The number of imidazole rings is 1. The molecule has 3 heterocycles. The summed E-state index contributed by atoms with van der Waals surface area (Å²) < 4.78 is 4.58. The number of anilines is 1. The Hall–Kier alpha value is -2.87. The fourth-order valence-corrected chi connectivity index (χ4v) is 3.65. The second-order valence-corrected chi connectivity index (χ2v) is 7.21. The SMILES string of the molecule is Cc1ccc(Cn2c(N3CC[NH2+]CC3)nc3c2c(=O)n(C)c(=O)n3C)cc1. The van der Waals surface area contributed by atoms with E-state index in [-0.39, 0.29) is 11.2 Å². The predicted molar refractivity (Wildman–Crippen MR) is 104 cm³/mol. The molecule has 3 aromatic rings. The van der Waals surface area contributed by atoms with Gasteiger partial charge in [0.25, 0.3) is 5.56 Å². The zero-order chi connectivity index (χ0) is 19.1. The summed E-state index contributed by atoms with van der Waals surface area (Å²) in [5.41, 5.74) is 2.55. The third-order valence-corrected chi connectivity index (χ3v) is 5.28. The van der Waals surface area contributed by atoms with Crippen LogP contribution in [0.2, 0.25) is 0 Å². The minimum absolute atomic E-state index is 0.303. The van der Waals surface area contributed by atoms with Crippen molar-refractivity contribution in [1.82, 2.24) is 18.7 Å². The molecule has 0 unspecified atom stereocenters. The summed E-state index contributed by atoms with van der Waals surface area (Å²) in [5.74, 6) is 0.761. The number of hydrogen-bond donors (Lipinski definition) is 1. The first-order chi connectivity index (χ1) is 13.0. The van der Waals surface area contributed by atoms with Crippen LogP contribution in [0.4, 0.5) is 5.95 Å². The van der Waals surface area contributed by atoms with Crippen LogP contribution in [0.25, 0.3) is 11.2 Å². The highest BCUT2D eigenvalue weighted by Crippen LogP contribution is 2.21. The number of aryl methyl sites for hydroxylation is 2. The quantitative estimate of drug-likeness (QED) is 0.654. The summed E-state index contributed by atoms with van der Waals surface area (Å²) in [7, 11) is 3.18. The number of piperazine rings is 1. The lowest BCUT2D eigenvalue weighted by atomic mass is 10.1. The summed E-state index contributed by atoms with van der Waals surface area (Å²) in [5, 5.41) is 2.28. The molecule has 27 heavy (non-hydrogen) atoms. The molecular formula is C19H25N6O2+. The highest BCUT2D eigenvalue weighted by atomic mass is 16.2. The zero-order valence-corrected chi connectivity index (χ0v) is 16.0. The Morgan fingerprint density at radius 3 is 2.37 bits per heavy atom. The van der Waals surface area contributed by atoms with Gasteiger partial charge in [-0.2, -0.15) is 4.98 Å². The van der Waals surface area contributed by atoms with Crippen molar-refractivity contribution in [2.24, 2.45) is 14.1 Å². The Kier molecular flexibility index (Phi) is 4.35. The maximum Gasteiger partial charge on any atom is 0.332 e. The Labute approximate surface area is 156 Å².